The summed E-state index contributed by atoms with van der Waals surface area (Å²) in [6.45, 7) is 5.86. The van der Waals surface area contributed by atoms with Crippen LogP contribution in [-0.2, 0) is 4.74 Å². The van der Waals surface area contributed by atoms with E-state index in [-0.39, 0.29) is 6.02 Å². The first-order valence-corrected chi connectivity index (χ1v) is 6.23. The van der Waals surface area contributed by atoms with Crippen LogP contribution in [0.2, 0.25) is 0 Å². The van der Waals surface area contributed by atoms with Gasteiger partial charge in [-0.1, -0.05) is 0 Å². The summed E-state index contributed by atoms with van der Waals surface area (Å²) in [4.78, 5) is 0. The molecule has 0 unspecified atom stereocenters. The molecule has 17 heavy (non-hydrogen) atoms. The molecule has 0 radical (unpaired) electrons. The van der Waals surface area contributed by atoms with Gasteiger partial charge in [-0.25, -0.2) is 0 Å². The first-order valence-electron chi connectivity index (χ1n) is 6.23. The van der Waals surface area contributed by atoms with E-state index in [0.29, 0.717) is 0 Å². The molecule has 0 fully saturated rings. The highest BCUT2D eigenvalue weighted by Crippen LogP contribution is 1.75. The van der Waals surface area contributed by atoms with Crippen molar-refractivity contribution in [2.75, 3.05) is 53.4 Å². The van der Waals surface area contributed by atoms with Crippen LogP contribution in [0.25, 0.3) is 0 Å². The lowest BCUT2D eigenvalue weighted by Gasteiger charge is -2.08. The van der Waals surface area contributed by atoms with Gasteiger partial charge in [-0.15, -0.1) is 0 Å². The minimum absolute atomic E-state index is 0.135. The first-order chi connectivity index (χ1) is 8.31. The number of methoxy groups -OCH3 is 1. The Bertz CT molecular complexity index is 177. The second kappa shape index (κ2) is 13.2. The van der Waals surface area contributed by atoms with Gasteiger partial charge in [0.1, 0.15) is 0 Å². The van der Waals surface area contributed by atoms with Crippen molar-refractivity contribution >= 4 is 6.02 Å². The highest BCUT2D eigenvalue weighted by atomic mass is 16.5. The van der Waals surface area contributed by atoms with Gasteiger partial charge in [-0.05, 0) is 39.5 Å². The summed E-state index contributed by atoms with van der Waals surface area (Å²) in [5.74, 6) is 0. The third-order valence-electron chi connectivity index (χ3n) is 2.28. The Morgan fingerprint density at radius 1 is 0.941 bits per heavy atom. The third kappa shape index (κ3) is 13.1. The van der Waals surface area contributed by atoms with Gasteiger partial charge in [0.05, 0.1) is 7.11 Å². The normalized spacial score (nSPS) is 10.2. The lowest BCUT2D eigenvalue weighted by molar-refractivity contribution is 0.375. The molecule has 102 valence electrons. The maximum Gasteiger partial charge on any atom is 0.281 e. The number of rotatable bonds is 11. The van der Waals surface area contributed by atoms with Gasteiger partial charge in [-0.2, -0.15) is 0 Å². The summed E-state index contributed by atoms with van der Waals surface area (Å²) in [5, 5.41) is 19.9. The van der Waals surface area contributed by atoms with Crippen molar-refractivity contribution in [1.29, 1.82) is 5.41 Å². The van der Waals surface area contributed by atoms with Gasteiger partial charge < -0.3 is 26.0 Å². The van der Waals surface area contributed by atoms with E-state index in [1.165, 1.54) is 13.5 Å². The van der Waals surface area contributed by atoms with Crippen molar-refractivity contribution in [3.8, 4) is 0 Å². The Balaban J connectivity index is 2.96. The lowest BCUT2D eigenvalue weighted by atomic mass is 10.4. The van der Waals surface area contributed by atoms with Gasteiger partial charge in [0, 0.05) is 19.6 Å². The molecule has 0 saturated heterocycles. The minimum atomic E-state index is 0.135. The lowest BCUT2D eigenvalue weighted by Crippen LogP contribution is -2.31. The molecule has 0 aromatic heterocycles. The molecule has 0 aliphatic carbocycles. The number of hydrogen-bond donors (Lipinski definition) is 5. The van der Waals surface area contributed by atoms with E-state index in [4.69, 9.17) is 5.41 Å². The highest BCUT2D eigenvalue weighted by molar-refractivity contribution is 5.69. The number of ether oxygens (including phenoxy) is 1. The maximum absolute atomic E-state index is 7.20. The zero-order chi connectivity index (χ0) is 12.8. The molecular formula is C11H27N5O. The zero-order valence-electron chi connectivity index (χ0n) is 11.1. The summed E-state index contributed by atoms with van der Waals surface area (Å²) in [7, 11) is 3.46. The fraction of sp³-hybridized carbons (Fsp3) is 0.909. The van der Waals surface area contributed by atoms with Crippen molar-refractivity contribution in [3.05, 3.63) is 0 Å². The summed E-state index contributed by atoms with van der Waals surface area (Å²) in [6.07, 6.45) is 2.16. The van der Waals surface area contributed by atoms with Crippen LogP contribution < -0.4 is 21.3 Å². The molecule has 5 N–H and O–H groups in total. The molecule has 0 aromatic carbocycles. The quantitative estimate of drug-likeness (QED) is 0.190. The van der Waals surface area contributed by atoms with E-state index >= 15 is 0 Å². The van der Waals surface area contributed by atoms with Crippen LogP contribution in [0.1, 0.15) is 12.8 Å². The summed E-state index contributed by atoms with van der Waals surface area (Å²) in [5.41, 5.74) is 0. The van der Waals surface area contributed by atoms with Gasteiger partial charge in [0.25, 0.3) is 6.02 Å². The Hall–Kier alpha value is -0.850. The van der Waals surface area contributed by atoms with E-state index in [9.17, 15) is 0 Å². The predicted molar refractivity (Wildman–Crippen MR) is 71.6 cm³/mol. The fourth-order valence-corrected chi connectivity index (χ4v) is 1.30. The van der Waals surface area contributed by atoms with Crippen LogP contribution in [-0.4, -0.2) is 59.4 Å². The molecule has 0 atom stereocenters. The van der Waals surface area contributed by atoms with Crippen molar-refractivity contribution in [3.63, 3.8) is 0 Å². The Labute approximate surface area is 104 Å². The van der Waals surface area contributed by atoms with Crippen LogP contribution in [0.5, 0.6) is 0 Å². The van der Waals surface area contributed by atoms with Gasteiger partial charge in [-0.3, -0.25) is 5.41 Å². The standard InChI is InChI=1S/C11H27N5O/c1-13-5-3-6-14-9-10-15-7-4-8-16-11(12)17-2/h13-15H,3-10H2,1-2H3,(H2,12,16). The van der Waals surface area contributed by atoms with Gasteiger partial charge in [0.15, 0.2) is 0 Å². The molecular weight excluding hydrogens is 218 g/mol. The van der Waals surface area contributed by atoms with E-state index in [2.05, 4.69) is 26.0 Å². The first kappa shape index (κ1) is 16.1. The average molecular weight is 245 g/mol. The summed E-state index contributed by atoms with van der Waals surface area (Å²) in [6, 6.07) is 0.135. The van der Waals surface area contributed by atoms with E-state index < -0.39 is 0 Å². The second-order valence-corrected chi connectivity index (χ2v) is 3.77. The SMILES string of the molecule is CNCCCNCCNCCCNC(=N)OC. The fourth-order valence-electron chi connectivity index (χ4n) is 1.30. The van der Waals surface area contributed by atoms with Crippen LogP contribution in [0.15, 0.2) is 0 Å². The smallest absolute Gasteiger partial charge is 0.281 e. The Morgan fingerprint density at radius 3 is 2.06 bits per heavy atom. The average Bonchev–Trinajstić information content (AvgIpc) is 2.35. The summed E-state index contributed by atoms with van der Waals surface area (Å²) < 4.78 is 4.68. The van der Waals surface area contributed by atoms with E-state index in [1.807, 2.05) is 7.05 Å². The largest absolute Gasteiger partial charge is 0.469 e. The van der Waals surface area contributed by atoms with Crippen molar-refractivity contribution < 1.29 is 4.74 Å². The molecule has 0 aromatic rings. The second-order valence-electron chi connectivity index (χ2n) is 3.77. The van der Waals surface area contributed by atoms with Crippen molar-refractivity contribution in [2.45, 2.75) is 12.8 Å². The van der Waals surface area contributed by atoms with Crippen LogP contribution in [0.3, 0.4) is 0 Å². The Morgan fingerprint density at radius 2 is 1.53 bits per heavy atom. The highest BCUT2D eigenvalue weighted by Gasteiger charge is 1.92. The van der Waals surface area contributed by atoms with Gasteiger partial charge >= 0.3 is 0 Å². The molecule has 0 amide bonds. The maximum atomic E-state index is 7.20. The van der Waals surface area contributed by atoms with E-state index in [1.54, 1.807) is 0 Å². The van der Waals surface area contributed by atoms with Crippen LogP contribution >= 0.6 is 0 Å². The molecule has 6 nitrogen and oxygen atoms in total. The van der Waals surface area contributed by atoms with Gasteiger partial charge in [0.2, 0.25) is 0 Å². The van der Waals surface area contributed by atoms with Crippen LogP contribution in [0.4, 0.5) is 0 Å². The molecule has 0 aliphatic rings. The summed E-state index contributed by atoms with van der Waals surface area (Å²) >= 11 is 0. The van der Waals surface area contributed by atoms with Crippen molar-refractivity contribution in [1.82, 2.24) is 21.3 Å². The molecule has 0 spiro atoms. The molecule has 0 saturated carbocycles. The van der Waals surface area contributed by atoms with E-state index in [0.717, 1.165) is 45.7 Å². The molecule has 6 heteroatoms. The van der Waals surface area contributed by atoms with Crippen LogP contribution in [0, 0.1) is 5.41 Å². The molecule has 0 rings (SSSR count). The number of amidine groups is 1. The number of hydrogen-bond acceptors (Lipinski definition) is 5. The number of nitrogens with one attached hydrogen (secondary N) is 5. The monoisotopic (exact) mass is 245 g/mol. The molecule has 0 bridgehead atoms. The third-order valence-corrected chi connectivity index (χ3v) is 2.28. The minimum Gasteiger partial charge on any atom is -0.469 e. The topological polar surface area (TPSA) is 81.2 Å². The van der Waals surface area contributed by atoms with Crippen molar-refractivity contribution in [2.24, 2.45) is 0 Å². The Kier molecular flexibility index (Phi) is 12.6. The zero-order valence-corrected chi connectivity index (χ0v) is 11.1. The molecule has 0 heterocycles. The predicted octanol–water partition coefficient (Wildman–Crippen LogP) is -0.664. The molecule has 0 aliphatic heterocycles.